The highest BCUT2D eigenvalue weighted by Crippen LogP contribution is 2.19. The number of rotatable bonds is 7. The van der Waals surface area contributed by atoms with E-state index in [2.05, 4.69) is 0 Å². The monoisotopic (exact) mass is 324 g/mol. The van der Waals surface area contributed by atoms with E-state index in [-0.39, 0.29) is 11.8 Å². The van der Waals surface area contributed by atoms with Crippen LogP contribution in [0.15, 0.2) is 24.3 Å². The molecule has 0 heterocycles. The third-order valence-electron chi connectivity index (χ3n) is 2.89. The summed E-state index contributed by atoms with van der Waals surface area (Å²) >= 11 is 0. The lowest BCUT2D eigenvalue weighted by molar-refractivity contribution is -0.384. The smallest absolute Gasteiger partial charge is 0.410 e. The fraction of sp³-hybridized carbons (Fsp3) is 0.562. The van der Waals surface area contributed by atoms with Gasteiger partial charge in [0, 0.05) is 19.7 Å². The van der Waals surface area contributed by atoms with Crippen molar-refractivity contribution in [3.8, 4) is 5.75 Å². The lowest BCUT2D eigenvalue weighted by Crippen LogP contribution is -2.34. The van der Waals surface area contributed by atoms with Crippen LogP contribution in [0.5, 0.6) is 5.75 Å². The van der Waals surface area contributed by atoms with Crippen LogP contribution in [0.2, 0.25) is 0 Å². The van der Waals surface area contributed by atoms with Crippen LogP contribution in [0.4, 0.5) is 10.5 Å². The van der Waals surface area contributed by atoms with Crippen LogP contribution in [-0.2, 0) is 4.74 Å². The van der Waals surface area contributed by atoms with Crippen molar-refractivity contribution in [2.45, 2.75) is 39.2 Å². The van der Waals surface area contributed by atoms with Crippen molar-refractivity contribution in [2.24, 2.45) is 0 Å². The van der Waals surface area contributed by atoms with Crippen molar-refractivity contribution in [1.82, 2.24) is 4.90 Å². The van der Waals surface area contributed by atoms with E-state index in [1.54, 1.807) is 19.2 Å². The molecule has 0 spiro atoms. The molecule has 128 valence electrons. The number of nitrogens with zero attached hydrogens (tertiary/aromatic N) is 2. The van der Waals surface area contributed by atoms with Crippen molar-refractivity contribution in [2.75, 3.05) is 20.2 Å². The zero-order valence-electron chi connectivity index (χ0n) is 14.1. The molecule has 1 aromatic rings. The van der Waals surface area contributed by atoms with Gasteiger partial charge in [-0.1, -0.05) is 6.07 Å². The number of non-ortho nitro benzene ring substituents is 1. The lowest BCUT2D eigenvalue weighted by atomic mass is 10.2. The first-order valence-corrected chi connectivity index (χ1v) is 7.50. The first-order chi connectivity index (χ1) is 10.7. The summed E-state index contributed by atoms with van der Waals surface area (Å²) in [7, 11) is 1.69. The van der Waals surface area contributed by atoms with E-state index >= 15 is 0 Å². The fourth-order valence-corrected chi connectivity index (χ4v) is 1.76. The highest BCUT2D eigenvalue weighted by Gasteiger charge is 2.19. The molecule has 0 fully saturated rings. The van der Waals surface area contributed by atoms with E-state index in [9.17, 15) is 14.9 Å². The molecule has 1 amide bonds. The third-order valence-corrected chi connectivity index (χ3v) is 2.89. The van der Waals surface area contributed by atoms with E-state index in [0.717, 1.165) is 12.8 Å². The second kappa shape index (κ2) is 8.36. The maximum Gasteiger partial charge on any atom is 0.410 e. The average molecular weight is 324 g/mol. The molecule has 0 saturated carbocycles. The molecule has 7 nitrogen and oxygen atoms in total. The zero-order valence-corrected chi connectivity index (χ0v) is 14.1. The van der Waals surface area contributed by atoms with E-state index in [4.69, 9.17) is 9.47 Å². The number of amides is 1. The van der Waals surface area contributed by atoms with Crippen LogP contribution in [0.1, 0.15) is 33.6 Å². The molecular formula is C16H24N2O5. The molecule has 1 aromatic carbocycles. The molecule has 0 atom stereocenters. The zero-order chi connectivity index (χ0) is 17.5. The van der Waals surface area contributed by atoms with Gasteiger partial charge < -0.3 is 14.4 Å². The van der Waals surface area contributed by atoms with Gasteiger partial charge in [-0.25, -0.2) is 4.79 Å². The second-order valence-electron chi connectivity index (χ2n) is 6.21. The summed E-state index contributed by atoms with van der Waals surface area (Å²) in [6.45, 7) is 6.47. The number of nitro groups is 1. The first-order valence-electron chi connectivity index (χ1n) is 7.50. The molecule has 0 aliphatic rings. The Balaban J connectivity index is 2.26. The fourth-order valence-electron chi connectivity index (χ4n) is 1.76. The Hall–Kier alpha value is -2.31. The second-order valence-corrected chi connectivity index (χ2v) is 6.21. The summed E-state index contributed by atoms with van der Waals surface area (Å²) in [5.74, 6) is 0.472. The summed E-state index contributed by atoms with van der Waals surface area (Å²) in [4.78, 5) is 23.5. The lowest BCUT2D eigenvalue weighted by Gasteiger charge is -2.24. The molecule has 0 aliphatic carbocycles. The number of ether oxygens (including phenoxy) is 2. The SMILES string of the molecule is CN(CCCCOc1cccc([N+](=O)[O-])c1)C(=O)OC(C)(C)C. The maximum atomic E-state index is 11.8. The Kier molecular flexibility index (Phi) is 6.81. The van der Waals surface area contributed by atoms with E-state index in [1.807, 2.05) is 20.8 Å². The van der Waals surface area contributed by atoms with E-state index in [1.165, 1.54) is 17.0 Å². The van der Waals surface area contributed by atoms with Gasteiger partial charge in [0.05, 0.1) is 17.6 Å². The number of hydrogen-bond acceptors (Lipinski definition) is 5. The van der Waals surface area contributed by atoms with Crippen LogP contribution in [0.3, 0.4) is 0 Å². The first kappa shape index (κ1) is 18.7. The summed E-state index contributed by atoms with van der Waals surface area (Å²) in [6, 6.07) is 6.08. The largest absolute Gasteiger partial charge is 0.493 e. The number of benzene rings is 1. The van der Waals surface area contributed by atoms with Gasteiger partial charge in [-0.2, -0.15) is 0 Å². The van der Waals surface area contributed by atoms with Crippen LogP contribution < -0.4 is 4.74 Å². The molecule has 7 heteroatoms. The Morgan fingerprint density at radius 1 is 1.30 bits per heavy atom. The molecule has 0 saturated heterocycles. The average Bonchev–Trinajstić information content (AvgIpc) is 2.45. The number of carbonyl (C=O) groups excluding carboxylic acids is 1. The molecule has 0 radical (unpaired) electrons. The Morgan fingerprint density at radius 3 is 2.61 bits per heavy atom. The van der Waals surface area contributed by atoms with Gasteiger partial charge in [-0.05, 0) is 39.7 Å². The van der Waals surface area contributed by atoms with Gasteiger partial charge in [0.25, 0.3) is 5.69 Å². The van der Waals surface area contributed by atoms with Gasteiger partial charge >= 0.3 is 6.09 Å². The molecular weight excluding hydrogens is 300 g/mol. The molecule has 1 rings (SSSR count). The normalized spacial score (nSPS) is 11.0. The van der Waals surface area contributed by atoms with Crippen molar-refractivity contribution in [3.05, 3.63) is 34.4 Å². The minimum Gasteiger partial charge on any atom is -0.493 e. The van der Waals surface area contributed by atoms with E-state index < -0.39 is 10.5 Å². The highest BCUT2D eigenvalue weighted by atomic mass is 16.6. The number of carbonyl (C=O) groups is 1. The number of nitro benzene ring substituents is 1. The summed E-state index contributed by atoms with van der Waals surface area (Å²) < 4.78 is 10.7. The quantitative estimate of drug-likeness (QED) is 0.434. The predicted octanol–water partition coefficient (Wildman–Crippen LogP) is 3.62. The van der Waals surface area contributed by atoms with Gasteiger partial charge in [0.1, 0.15) is 11.4 Å². The summed E-state index contributed by atoms with van der Waals surface area (Å²) in [5, 5.41) is 10.7. The Morgan fingerprint density at radius 2 is 2.00 bits per heavy atom. The number of hydrogen-bond donors (Lipinski definition) is 0. The van der Waals surface area contributed by atoms with Gasteiger partial charge in [-0.3, -0.25) is 10.1 Å². The Labute approximate surface area is 136 Å². The molecule has 0 bridgehead atoms. The molecule has 0 unspecified atom stereocenters. The molecule has 0 N–H and O–H groups in total. The minimum atomic E-state index is -0.503. The van der Waals surface area contributed by atoms with E-state index in [0.29, 0.717) is 18.9 Å². The van der Waals surface area contributed by atoms with Crippen LogP contribution in [-0.4, -0.2) is 41.7 Å². The molecule has 0 aliphatic heterocycles. The van der Waals surface area contributed by atoms with Gasteiger partial charge in [0.15, 0.2) is 0 Å². The van der Waals surface area contributed by atoms with Gasteiger partial charge in [0.2, 0.25) is 0 Å². The van der Waals surface area contributed by atoms with Crippen LogP contribution in [0, 0.1) is 10.1 Å². The van der Waals surface area contributed by atoms with Crippen molar-refractivity contribution < 1.29 is 19.2 Å². The molecule has 23 heavy (non-hydrogen) atoms. The van der Waals surface area contributed by atoms with Crippen molar-refractivity contribution in [1.29, 1.82) is 0 Å². The summed E-state index contributed by atoms with van der Waals surface area (Å²) in [5.41, 5.74) is -0.497. The highest BCUT2D eigenvalue weighted by molar-refractivity contribution is 5.67. The van der Waals surface area contributed by atoms with Crippen molar-refractivity contribution >= 4 is 11.8 Å². The maximum absolute atomic E-state index is 11.8. The standard InChI is InChI=1S/C16H24N2O5/c1-16(2,3)23-15(19)17(4)10-5-6-11-22-14-9-7-8-13(12-14)18(20)21/h7-9,12H,5-6,10-11H2,1-4H3. The molecule has 0 aromatic heterocycles. The third kappa shape index (κ3) is 7.49. The summed E-state index contributed by atoms with van der Waals surface area (Å²) in [6.07, 6.45) is 1.14. The topological polar surface area (TPSA) is 81.9 Å². The van der Waals surface area contributed by atoms with Gasteiger partial charge in [-0.15, -0.1) is 0 Å². The minimum absolute atomic E-state index is 0.00663. The predicted molar refractivity (Wildman–Crippen MR) is 86.7 cm³/mol. The number of unbranched alkanes of at least 4 members (excludes halogenated alkanes) is 1. The Bertz CT molecular complexity index is 540. The van der Waals surface area contributed by atoms with Crippen LogP contribution in [0.25, 0.3) is 0 Å². The van der Waals surface area contributed by atoms with Crippen molar-refractivity contribution in [3.63, 3.8) is 0 Å². The van der Waals surface area contributed by atoms with Crippen LogP contribution >= 0.6 is 0 Å².